The lowest BCUT2D eigenvalue weighted by Crippen LogP contribution is -1.97. The lowest BCUT2D eigenvalue weighted by atomic mass is 10.0. The zero-order valence-corrected chi connectivity index (χ0v) is 9.58. The molecule has 3 aromatic rings. The fourth-order valence-corrected chi connectivity index (χ4v) is 1.93. The molecule has 0 fully saturated rings. The van der Waals surface area contributed by atoms with Crippen LogP contribution in [0.25, 0.3) is 11.1 Å². The molecule has 0 saturated heterocycles. The summed E-state index contributed by atoms with van der Waals surface area (Å²) >= 11 is 0. The largest absolute Gasteiger partial charge is 0.439 e. The first-order valence-electron chi connectivity index (χ1n) is 5.68. The fraction of sp³-hybridized carbons (Fsp3) is 0.0667. The molecule has 18 heavy (non-hydrogen) atoms. The molecule has 2 aromatic carbocycles. The van der Waals surface area contributed by atoms with Crippen LogP contribution < -0.4 is 0 Å². The van der Waals surface area contributed by atoms with Gasteiger partial charge in [0.1, 0.15) is 11.4 Å². The summed E-state index contributed by atoms with van der Waals surface area (Å²) in [5.41, 5.74) is 2.39. The van der Waals surface area contributed by atoms with Crippen molar-refractivity contribution in [3.63, 3.8) is 0 Å². The molecule has 0 spiro atoms. The molecule has 0 aliphatic heterocycles. The maximum atomic E-state index is 9.31. The first kappa shape index (κ1) is 10.5. The van der Waals surface area contributed by atoms with Crippen molar-refractivity contribution >= 4 is 11.1 Å². The van der Waals surface area contributed by atoms with E-state index >= 15 is 0 Å². The quantitative estimate of drug-likeness (QED) is 0.682. The van der Waals surface area contributed by atoms with Crippen LogP contribution in [0.5, 0.6) is 0 Å². The topological polar surface area (TPSA) is 49.8 Å². The van der Waals surface area contributed by atoms with Crippen LogP contribution in [-0.4, -0.2) is 4.98 Å². The molecule has 3 rings (SSSR count). The van der Waals surface area contributed by atoms with Crippen molar-refractivity contribution in [1.82, 2.24) is 4.98 Å². The van der Waals surface area contributed by atoms with E-state index in [2.05, 4.69) is 11.1 Å². The van der Waals surface area contributed by atoms with Gasteiger partial charge in [-0.3, -0.25) is 0 Å². The summed E-state index contributed by atoms with van der Waals surface area (Å²) in [6.45, 7) is 0. The Hall–Kier alpha value is -2.60. The van der Waals surface area contributed by atoms with Gasteiger partial charge in [0, 0.05) is 0 Å². The van der Waals surface area contributed by atoms with Crippen LogP contribution in [-0.2, 0) is 0 Å². The van der Waals surface area contributed by atoms with E-state index < -0.39 is 5.92 Å². The number of oxazole rings is 1. The predicted octanol–water partition coefficient (Wildman–Crippen LogP) is 3.48. The lowest BCUT2D eigenvalue weighted by Gasteiger charge is -2.03. The number of rotatable bonds is 2. The van der Waals surface area contributed by atoms with Crippen molar-refractivity contribution in [3.05, 3.63) is 66.1 Å². The molecular formula is C15H10N2O. The fourth-order valence-electron chi connectivity index (χ4n) is 1.93. The number of hydrogen-bond acceptors (Lipinski definition) is 3. The number of nitriles is 1. The van der Waals surface area contributed by atoms with E-state index in [0.29, 0.717) is 11.5 Å². The van der Waals surface area contributed by atoms with Gasteiger partial charge in [-0.15, -0.1) is 0 Å². The highest BCUT2D eigenvalue weighted by atomic mass is 16.3. The van der Waals surface area contributed by atoms with E-state index in [0.717, 1.165) is 11.1 Å². The molecule has 1 aromatic heterocycles. The van der Waals surface area contributed by atoms with E-state index in [1.165, 1.54) is 0 Å². The first-order valence-corrected chi connectivity index (χ1v) is 5.68. The molecule has 1 unspecified atom stereocenters. The van der Waals surface area contributed by atoms with Gasteiger partial charge < -0.3 is 4.42 Å². The van der Waals surface area contributed by atoms with Crippen LogP contribution in [0.4, 0.5) is 0 Å². The average molecular weight is 234 g/mol. The standard InChI is InChI=1S/C15H10N2O/c16-10-12(11-6-2-1-3-7-11)15-17-13-8-4-5-9-14(13)18-15/h1-9,12H. The number of hydrogen-bond donors (Lipinski definition) is 0. The molecule has 1 atom stereocenters. The second-order valence-corrected chi connectivity index (χ2v) is 3.99. The molecule has 1 heterocycles. The molecule has 0 N–H and O–H groups in total. The van der Waals surface area contributed by atoms with Crippen LogP contribution in [0.3, 0.4) is 0 Å². The zero-order valence-electron chi connectivity index (χ0n) is 9.58. The Morgan fingerprint density at radius 3 is 2.44 bits per heavy atom. The molecule has 0 saturated carbocycles. The summed E-state index contributed by atoms with van der Waals surface area (Å²) in [6.07, 6.45) is 0. The van der Waals surface area contributed by atoms with Gasteiger partial charge in [0.2, 0.25) is 5.89 Å². The molecule has 3 heteroatoms. The summed E-state index contributed by atoms with van der Waals surface area (Å²) in [4.78, 5) is 4.37. The van der Waals surface area contributed by atoms with E-state index in [1.54, 1.807) is 0 Å². The minimum atomic E-state index is -0.460. The number of aromatic nitrogens is 1. The van der Waals surface area contributed by atoms with E-state index in [9.17, 15) is 5.26 Å². The van der Waals surface area contributed by atoms with E-state index in [4.69, 9.17) is 4.42 Å². The third kappa shape index (κ3) is 1.74. The molecule has 0 bridgehead atoms. The van der Waals surface area contributed by atoms with Crippen molar-refractivity contribution in [2.24, 2.45) is 0 Å². The van der Waals surface area contributed by atoms with Gasteiger partial charge in [0.05, 0.1) is 6.07 Å². The highest BCUT2D eigenvalue weighted by molar-refractivity contribution is 5.72. The molecule has 3 nitrogen and oxygen atoms in total. The molecule has 0 aliphatic rings. The normalized spacial score (nSPS) is 12.2. The van der Waals surface area contributed by atoms with Crippen molar-refractivity contribution in [2.45, 2.75) is 5.92 Å². The van der Waals surface area contributed by atoms with Gasteiger partial charge in [-0.2, -0.15) is 5.26 Å². The van der Waals surface area contributed by atoms with Gasteiger partial charge in [0.15, 0.2) is 5.58 Å². The summed E-state index contributed by atoms with van der Waals surface area (Å²) in [7, 11) is 0. The van der Waals surface area contributed by atoms with Crippen LogP contribution in [0.15, 0.2) is 59.0 Å². The third-order valence-electron chi connectivity index (χ3n) is 2.82. The smallest absolute Gasteiger partial charge is 0.217 e. The molecule has 86 valence electrons. The maximum absolute atomic E-state index is 9.31. The number of benzene rings is 2. The lowest BCUT2D eigenvalue weighted by molar-refractivity contribution is 0.529. The number of nitrogens with zero attached hydrogens (tertiary/aromatic N) is 2. The molecule has 0 radical (unpaired) electrons. The van der Waals surface area contributed by atoms with Crippen LogP contribution in [0.2, 0.25) is 0 Å². The Morgan fingerprint density at radius 1 is 1.00 bits per heavy atom. The van der Waals surface area contributed by atoms with Crippen LogP contribution in [0, 0.1) is 11.3 Å². The highest BCUT2D eigenvalue weighted by Gasteiger charge is 2.19. The Balaban J connectivity index is 2.10. The predicted molar refractivity (Wildman–Crippen MR) is 67.9 cm³/mol. The van der Waals surface area contributed by atoms with Crippen molar-refractivity contribution < 1.29 is 4.42 Å². The second-order valence-electron chi connectivity index (χ2n) is 3.99. The van der Waals surface area contributed by atoms with Crippen LogP contribution >= 0.6 is 0 Å². The molecular weight excluding hydrogens is 224 g/mol. The van der Waals surface area contributed by atoms with E-state index in [-0.39, 0.29) is 0 Å². The van der Waals surface area contributed by atoms with Gasteiger partial charge >= 0.3 is 0 Å². The molecule has 0 amide bonds. The van der Waals surface area contributed by atoms with Gasteiger partial charge in [-0.1, -0.05) is 42.5 Å². The Bertz CT molecular complexity index is 677. The van der Waals surface area contributed by atoms with Crippen molar-refractivity contribution in [1.29, 1.82) is 5.26 Å². The van der Waals surface area contributed by atoms with Crippen LogP contribution in [0.1, 0.15) is 17.4 Å². The monoisotopic (exact) mass is 234 g/mol. The Morgan fingerprint density at radius 2 is 1.72 bits per heavy atom. The highest BCUT2D eigenvalue weighted by Crippen LogP contribution is 2.26. The van der Waals surface area contributed by atoms with E-state index in [1.807, 2.05) is 54.6 Å². The Labute approximate surface area is 104 Å². The maximum Gasteiger partial charge on any atom is 0.217 e. The molecule has 0 aliphatic carbocycles. The summed E-state index contributed by atoms with van der Waals surface area (Å²) in [5, 5.41) is 9.31. The summed E-state index contributed by atoms with van der Waals surface area (Å²) in [5.74, 6) is -0.0106. The third-order valence-corrected chi connectivity index (χ3v) is 2.82. The van der Waals surface area contributed by atoms with Crippen molar-refractivity contribution in [3.8, 4) is 6.07 Å². The zero-order chi connectivity index (χ0) is 12.4. The average Bonchev–Trinajstić information content (AvgIpc) is 2.84. The first-order chi connectivity index (χ1) is 8.88. The van der Waals surface area contributed by atoms with Gasteiger partial charge in [-0.05, 0) is 17.7 Å². The SMILES string of the molecule is N#CC(c1ccccc1)c1nc2ccccc2o1. The number of fused-ring (bicyclic) bond motifs is 1. The Kier molecular flexibility index (Phi) is 2.54. The second kappa shape index (κ2) is 4.34. The summed E-state index contributed by atoms with van der Waals surface area (Å²) < 4.78 is 5.64. The minimum absolute atomic E-state index is 0.449. The number of para-hydroxylation sites is 2. The van der Waals surface area contributed by atoms with Gasteiger partial charge in [-0.25, -0.2) is 4.98 Å². The van der Waals surface area contributed by atoms with Crippen molar-refractivity contribution in [2.75, 3.05) is 0 Å². The van der Waals surface area contributed by atoms with Gasteiger partial charge in [0.25, 0.3) is 0 Å². The minimum Gasteiger partial charge on any atom is -0.439 e. The summed E-state index contributed by atoms with van der Waals surface area (Å²) in [6, 6.07) is 19.3.